The van der Waals surface area contributed by atoms with Gasteiger partial charge in [-0.15, -0.1) is 0 Å². The number of piperidine rings is 1. The fraction of sp³-hybridized carbons (Fsp3) is 0.615. The predicted molar refractivity (Wildman–Crippen MR) is 72.2 cm³/mol. The van der Waals surface area contributed by atoms with Gasteiger partial charge in [-0.05, 0) is 19.8 Å². The van der Waals surface area contributed by atoms with E-state index in [9.17, 15) is 9.90 Å². The zero-order valence-corrected chi connectivity index (χ0v) is 11.6. The lowest BCUT2D eigenvalue weighted by atomic mass is 10.1. The number of nitrogens with zero attached hydrogens (tertiary/aromatic N) is 4. The van der Waals surface area contributed by atoms with Crippen LogP contribution in [0.25, 0.3) is 0 Å². The molecule has 1 N–H and O–H groups in total. The first-order valence-corrected chi connectivity index (χ1v) is 6.47. The van der Waals surface area contributed by atoms with Crippen molar-refractivity contribution >= 4 is 11.9 Å². The minimum Gasteiger partial charge on any atom is -0.391 e. The van der Waals surface area contributed by atoms with E-state index in [1.165, 1.54) is 0 Å². The molecule has 1 aliphatic heterocycles. The largest absolute Gasteiger partial charge is 0.391 e. The summed E-state index contributed by atoms with van der Waals surface area (Å²) in [6.07, 6.45) is 2.75. The summed E-state index contributed by atoms with van der Waals surface area (Å²) in [5.41, 5.74) is 1.18. The number of likely N-dealkylation sites (tertiary alicyclic amines) is 1. The first kappa shape index (κ1) is 13.7. The maximum atomic E-state index is 12.4. The third-order valence-corrected chi connectivity index (χ3v) is 3.28. The lowest BCUT2D eigenvalue weighted by Gasteiger charge is -2.30. The third kappa shape index (κ3) is 3.01. The molecule has 0 saturated carbocycles. The van der Waals surface area contributed by atoms with Gasteiger partial charge in [0, 0.05) is 33.4 Å². The third-order valence-electron chi connectivity index (χ3n) is 3.28. The molecule has 1 amide bonds. The van der Waals surface area contributed by atoms with Crippen molar-refractivity contribution in [1.82, 2.24) is 14.9 Å². The van der Waals surface area contributed by atoms with Crippen molar-refractivity contribution in [2.24, 2.45) is 0 Å². The number of amides is 1. The SMILES string of the molecule is Cc1nc(N(C)C)ncc1C(=O)N1CCCC(O)C1. The molecule has 6 heteroatoms. The van der Waals surface area contributed by atoms with Gasteiger partial charge in [-0.3, -0.25) is 4.79 Å². The van der Waals surface area contributed by atoms with Gasteiger partial charge in [0.1, 0.15) is 0 Å². The number of aromatic nitrogens is 2. The van der Waals surface area contributed by atoms with Crippen molar-refractivity contribution in [3.8, 4) is 0 Å². The minimum absolute atomic E-state index is 0.0958. The van der Waals surface area contributed by atoms with Crippen molar-refractivity contribution in [2.45, 2.75) is 25.9 Å². The Morgan fingerprint density at radius 1 is 1.53 bits per heavy atom. The molecule has 0 spiro atoms. The summed E-state index contributed by atoms with van der Waals surface area (Å²) in [7, 11) is 3.72. The van der Waals surface area contributed by atoms with Crippen LogP contribution in [-0.2, 0) is 0 Å². The fourth-order valence-electron chi connectivity index (χ4n) is 2.19. The Morgan fingerprint density at radius 2 is 2.26 bits per heavy atom. The molecular formula is C13H20N4O2. The summed E-state index contributed by atoms with van der Waals surface area (Å²) < 4.78 is 0. The second-order valence-electron chi connectivity index (χ2n) is 5.11. The molecule has 0 aromatic carbocycles. The van der Waals surface area contributed by atoms with E-state index in [1.807, 2.05) is 21.0 Å². The van der Waals surface area contributed by atoms with Crippen molar-refractivity contribution in [1.29, 1.82) is 0 Å². The van der Waals surface area contributed by atoms with E-state index in [-0.39, 0.29) is 5.91 Å². The van der Waals surface area contributed by atoms with Gasteiger partial charge in [-0.2, -0.15) is 0 Å². The number of β-amino-alcohol motifs (C(OH)–C–C–N with tert-alkyl or cyclic N) is 1. The van der Waals surface area contributed by atoms with Gasteiger partial charge in [0.2, 0.25) is 5.95 Å². The summed E-state index contributed by atoms with van der Waals surface area (Å²) in [5, 5.41) is 9.63. The molecular weight excluding hydrogens is 244 g/mol. The number of hydrogen-bond donors (Lipinski definition) is 1. The van der Waals surface area contributed by atoms with Crippen LogP contribution in [0.1, 0.15) is 28.9 Å². The fourth-order valence-corrected chi connectivity index (χ4v) is 2.19. The van der Waals surface area contributed by atoms with Gasteiger partial charge in [0.15, 0.2) is 0 Å². The molecule has 1 saturated heterocycles. The topological polar surface area (TPSA) is 69.6 Å². The number of aryl methyl sites for hydroxylation is 1. The Labute approximate surface area is 113 Å². The summed E-state index contributed by atoms with van der Waals surface area (Å²) in [4.78, 5) is 24.3. The molecule has 6 nitrogen and oxygen atoms in total. The van der Waals surface area contributed by atoms with Gasteiger partial charge in [0.05, 0.1) is 17.4 Å². The summed E-state index contributed by atoms with van der Waals surface area (Å²) in [6.45, 7) is 2.89. The van der Waals surface area contributed by atoms with Crippen LogP contribution in [0.2, 0.25) is 0 Å². The molecule has 0 aliphatic carbocycles. The van der Waals surface area contributed by atoms with Gasteiger partial charge < -0.3 is 14.9 Å². The van der Waals surface area contributed by atoms with Crippen molar-refractivity contribution in [3.05, 3.63) is 17.5 Å². The van der Waals surface area contributed by atoms with Gasteiger partial charge >= 0.3 is 0 Å². The van der Waals surface area contributed by atoms with Crippen LogP contribution < -0.4 is 4.90 Å². The normalized spacial score (nSPS) is 19.4. The number of carbonyl (C=O) groups excluding carboxylic acids is 1. The first-order valence-electron chi connectivity index (χ1n) is 6.47. The predicted octanol–water partition coefficient (Wildman–Crippen LogP) is 0.448. The zero-order valence-electron chi connectivity index (χ0n) is 11.6. The van der Waals surface area contributed by atoms with Gasteiger partial charge in [-0.1, -0.05) is 0 Å². The summed E-state index contributed by atoms with van der Waals surface area (Å²) in [5.74, 6) is 0.495. The van der Waals surface area contributed by atoms with Crippen LogP contribution in [-0.4, -0.2) is 59.2 Å². The van der Waals surface area contributed by atoms with Crippen LogP contribution in [0.5, 0.6) is 0 Å². The minimum atomic E-state index is -0.417. The van der Waals surface area contributed by atoms with Crippen LogP contribution in [0, 0.1) is 6.92 Å². The molecule has 2 heterocycles. The van der Waals surface area contributed by atoms with Crippen LogP contribution in [0.4, 0.5) is 5.95 Å². The van der Waals surface area contributed by atoms with E-state index >= 15 is 0 Å². The molecule has 1 aliphatic rings. The van der Waals surface area contributed by atoms with Crippen molar-refractivity contribution in [2.75, 3.05) is 32.1 Å². The van der Waals surface area contributed by atoms with Crippen molar-refractivity contribution in [3.63, 3.8) is 0 Å². The lowest BCUT2D eigenvalue weighted by Crippen LogP contribution is -2.42. The van der Waals surface area contributed by atoms with E-state index in [4.69, 9.17) is 0 Å². The summed E-state index contributed by atoms with van der Waals surface area (Å²) >= 11 is 0. The van der Waals surface area contributed by atoms with E-state index in [0.29, 0.717) is 30.3 Å². The number of rotatable bonds is 2. The zero-order chi connectivity index (χ0) is 14.0. The molecule has 1 fully saturated rings. The maximum Gasteiger partial charge on any atom is 0.257 e. The van der Waals surface area contributed by atoms with Crippen LogP contribution in [0.3, 0.4) is 0 Å². The Bertz CT molecular complexity index is 476. The van der Waals surface area contributed by atoms with Crippen LogP contribution in [0.15, 0.2) is 6.20 Å². The molecule has 1 unspecified atom stereocenters. The molecule has 0 radical (unpaired) electrons. The highest BCUT2D eigenvalue weighted by atomic mass is 16.3. The Hall–Kier alpha value is -1.69. The average molecular weight is 264 g/mol. The molecule has 2 rings (SSSR count). The second kappa shape index (κ2) is 5.52. The molecule has 19 heavy (non-hydrogen) atoms. The Balaban J connectivity index is 2.19. The number of hydrogen-bond acceptors (Lipinski definition) is 5. The lowest BCUT2D eigenvalue weighted by molar-refractivity contribution is 0.0472. The maximum absolute atomic E-state index is 12.4. The molecule has 0 bridgehead atoms. The highest BCUT2D eigenvalue weighted by Gasteiger charge is 2.24. The summed E-state index contributed by atoms with van der Waals surface area (Å²) in [6, 6.07) is 0. The average Bonchev–Trinajstić information content (AvgIpc) is 2.37. The van der Waals surface area contributed by atoms with E-state index < -0.39 is 6.10 Å². The standard InChI is InChI=1S/C13H20N4O2/c1-9-11(7-14-13(15-9)16(2)3)12(19)17-6-4-5-10(18)8-17/h7,10,18H,4-6,8H2,1-3H3. The molecule has 1 aromatic heterocycles. The molecule has 104 valence electrons. The molecule has 1 atom stereocenters. The number of anilines is 1. The monoisotopic (exact) mass is 264 g/mol. The smallest absolute Gasteiger partial charge is 0.257 e. The van der Waals surface area contributed by atoms with Crippen LogP contribution >= 0.6 is 0 Å². The number of aliphatic hydroxyl groups excluding tert-OH is 1. The second-order valence-corrected chi connectivity index (χ2v) is 5.11. The van der Waals surface area contributed by atoms with Crippen molar-refractivity contribution < 1.29 is 9.90 Å². The Morgan fingerprint density at radius 3 is 2.84 bits per heavy atom. The number of carbonyl (C=O) groups is 1. The van der Waals surface area contributed by atoms with E-state index in [0.717, 1.165) is 12.8 Å². The Kier molecular flexibility index (Phi) is 3.99. The van der Waals surface area contributed by atoms with Gasteiger partial charge in [0.25, 0.3) is 5.91 Å². The highest BCUT2D eigenvalue weighted by molar-refractivity contribution is 5.95. The highest BCUT2D eigenvalue weighted by Crippen LogP contribution is 2.16. The van der Waals surface area contributed by atoms with Gasteiger partial charge in [-0.25, -0.2) is 9.97 Å². The van der Waals surface area contributed by atoms with E-state index in [2.05, 4.69) is 9.97 Å². The number of aliphatic hydroxyl groups is 1. The quantitative estimate of drug-likeness (QED) is 0.840. The van der Waals surface area contributed by atoms with E-state index in [1.54, 1.807) is 16.0 Å². The first-order chi connectivity index (χ1) is 8.99. The molecule has 1 aromatic rings.